The molecule has 13 aromatic rings. The van der Waals surface area contributed by atoms with Gasteiger partial charge in [-0.2, -0.15) is 0 Å². The lowest BCUT2D eigenvalue weighted by molar-refractivity contribution is 0.414. The first-order chi connectivity index (χ1) is 43.0. The van der Waals surface area contributed by atoms with Crippen molar-refractivity contribution in [2.24, 2.45) is 0 Å². The molecule has 414 valence electrons. The lowest BCUT2D eigenvalue weighted by Crippen LogP contribution is -2.28. The SMILES string of the molecule is COc1ccc2c(c1)C(c1ccccc1)(c1ccccc1)c1cc(-c3cc(-c4ccc5c(c4)C(c4ccccc4)(c4ccccc4)c4cc(OC)ccc4-5)cc(-c4ccc5c(c4)C(c4ccccc4)(c4ccccc4)c4cc(OC)ccc4-5)c3)ccc1-2. The van der Waals surface area contributed by atoms with Crippen molar-refractivity contribution in [3.8, 4) is 84.0 Å². The summed E-state index contributed by atoms with van der Waals surface area (Å²) < 4.78 is 18.1. The van der Waals surface area contributed by atoms with Gasteiger partial charge < -0.3 is 14.2 Å². The van der Waals surface area contributed by atoms with Gasteiger partial charge in [0, 0.05) is 0 Å². The largest absolute Gasteiger partial charge is 0.497 e. The van der Waals surface area contributed by atoms with Crippen molar-refractivity contribution in [3.63, 3.8) is 0 Å². The molecule has 0 amide bonds. The quantitative estimate of drug-likeness (QED) is 0.122. The van der Waals surface area contributed by atoms with Gasteiger partial charge in [0.05, 0.1) is 37.6 Å². The van der Waals surface area contributed by atoms with Gasteiger partial charge in [0.25, 0.3) is 0 Å². The molecule has 0 fully saturated rings. The van der Waals surface area contributed by atoms with Crippen LogP contribution in [-0.4, -0.2) is 21.3 Å². The summed E-state index contributed by atoms with van der Waals surface area (Å²) in [5.41, 5.74) is 26.5. The van der Waals surface area contributed by atoms with Crippen LogP contribution in [0.3, 0.4) is 0 Å². The van der Waals surface area contributed by atoms with Crippen LogP contribution in [0, 0.1) is 0 Å². The van der Waals surface area contributed by atoms with Crippen molar-refractivity contribution in [1.29, 1.82) is 0 Å². The highest BCUT2D eigenvalue weighted by atomic mass is 16.5. The summed E-state index contributed by atoms with van der Waals surface area (Å²) in [6, 6.07) is 115. The Hall–Kier alpha value is -10.7. The highest BCUT2D eigenvalue weighted by molar-refractivity contribution is 5.94. The van der Waals surface area contributed by atoms with Crippen molar-refractivity contribution in [3.05, 3.63) is 376 Å². The Morgan fingerprint density at radius 2 is 0.379 bits per heavy atom. The van der Waals surface area contributed by atoms with Gasteiger partial charge in [-0.1, -0.05) is 237 Å². The molecule has 0 unspecified atom stereocenters. The van der Waals surface area contributed by atoms with Gasteiger partial charge in [0.15, 0.2) is 0 Å². The molecule has 0 heterocycles. The first-order valence-corrected chi connectivity index (χ1v) is 30.0. The molecular formula is C84H60O3. The highest BCUT2D eigenvalue weighted by Gasteiger charge is 2.50. The maximum Gasteiger partial charge on any atom is 0.119 e. The van der Waals surface area contributed by atoms with E-state index in [9.17, 15) is 0 Å². The number of methoxy groups -OCH3 is 3. The van der Waals surface area contributed by atoms with Gasteiger partial charge in [-0.15, -0.1) is 0 Å². The van der Waals surface area contributed by atoms with Crippen molar-refractivity contribution >= 4 is 0 Å². The number of fused-ring (bicyclic) bond motifs is 9. The number of hydrogen-bond donors (Lipinski definition) is 0. The summed E-state index contributed by atoms with van der Waals surface area (Å²) in [6.45, 7) is 0. The van der Waals surface area contributed by atoms with Crippen LogP contribution >= 0.6 is 0 Å². The molecule has 0 aliphatic heterocycles. The van der Waals surface area contributed by atoms with Crippen molar-refractivity contribution in [1.82, 2.24) is 0 Å². The number of ether oxygens (including phenoxy) is 3. The van der Waals surface area contributed by atoms with E-state index in [4.69, 9.17) is 14.2 Å². The maximum atomic E-state index is 6.03. The van der Waals surface area contributed by atoms with Gasteiger partial charge in [0.2, 0.25) is 0 Å². The van der Waals surface area contributed by atoms with Crippen LogP contribution in [0.2, 0.25) is 0 Å². The lowest BCUT2D eigenvalue weighted by Gasteiger charge is -2.34. The Balaban J connectivity index is 0.969. The molecule has 3 aliphatic carbocycles. The van der Waals surface area contributed by atoms with Crippen molar-refractivity contribution in [2.75, 3.05) is 21.3 Å². The summed E-state index contributed by atoms with van der Waals surface area (Å²) in [7, 11) is 5.29. The zero-order valence-electron chi connectivity index (χ0n) is 48.7. The lowest BCUT2D eigenvalue weighted by atomic mass is 9.67. The van der Waals surface area contributed by atoms with Gasteiger partial charge in [0.1, 0.15) is 17.2 Å². The third-order valence-electron chi connectivity index (χ3n) is 19.2. The third-order valence-corrected chi connectivity index (χ3v) is 19.2. The Bertz CT molecular complexity index is 4170. The van der Waals surface area contributed by atoms with Gasteiger partial charge in [-0.05, 0) is 206 Å². The monoisotopic (exact) mass is 1120 g/mol. The van der Waals surface area contributed by atoms with E-state index >= 15 is 0 Å². The first kappa shape index (κ1) is 51.9. The van der Waals surface area contributed by atoms with Crippen molar-refractivity contribution in [2.45, 2.75) is 16.2 Å². The van der Waals surface area contributed by atoms with E-state index in [1.807, 2.05) is 0 Å². The molecule has 3 heteroatoms. The van der Waals surface area contributed by atoms with Crippen LogP contribution < -0.4 is 14.2 Å². The smallest absolute Gasteiger partial charge is 0.119 e. The molecule has 3 aliphatic rings. The van der Waals surface area contributed by atoms with Crippen LogP contribution in [-0.2, 0) is 16.2 Å². The minimum Gasteiger partial charge on any atom is -0.497 e. The van der Waals surface area contributed by atoms with E-state index in [1.54, 1.807) is 21.3 Å². The molecule has 0 spiro atoms. The van der Waals surface area contributed by atoms with Gasteiger partial charge in [-0.3, -0.25) is 0 Å². The summed E-state index contributed by atoms with van der Waals surface area (Å²) >= 11 is 0. The fourth-order valence-electron chi connectivity index (χ4n) is 15.5. The summed E-state index contributed by atoms with van der Waals surface area (Å²) in [6.07, 6.45) is 0. The number of benzene rings is 13. The molecule has 0 radical (unpaired) electrons. The second-order valence-electron chi connectivity index (χ2n) is 23.3. The molecule has 0 saturated heterocycles. The Morgan fingerprint density at radius 1 is 0.184 bits per heavy atom. The van der Waals surface area contributed by atoms with Crippen LogP contribution in [0.25, 0.3) is 66.8 Å². The average molecular weight is 1120 g/mol. The fourth-order valence-corrected chi connectivity index (χ4v) is 15.5. The first-order valence-electron chi connectivity index (χ1n) is 30.0. The van der Waals surface area contributed by atoms with E-state index in [2.05, 4.69) is 309 Å². The minimum absolute atomic E-state index is 0.649. The van der Waals surface area contributed by atoms with Crippen LogP contribution in [0.5, 0.6) is 17.2 Å². The predicted molar refractivity (Wildman–Crippen MR) is 354 cm³/mol. The predicted octanol–water partition coefficient (Wildman–Crippen LogP) is 19.8. The number of rotatable bonds is 12. The fraction of sp³-hybridized carbons (Fsp3) is 0.0714. The molecule has 13 aromatic carbocycles. The molecule has 0 saturated carbocycles. The van der Waals surface area contributed by atoms with Gasteiger partial charge in [-0.25, -0.2) is 0 Å². The molecular weight excluding hydrogens is 1060 g/mol. The summed E-state index contributed by atoms with van der Waals surface area (Å²) in [5.74, 6) is 2.49. The maximum absolute atomic E-state index is 6.03. The van der Waals surface area contributed by atoms with Crippen molar-refractivity contribution < 1.29 is 14.2 Å². The normalized spacial score (nSPS) is 14.0. The molecule has 0 atom stereocenters. The van der Waals surface area contributed by atoms with E-state index < -0.39 is 16.2 Å². The molecule has 0 aromatic heterocycles. The molecule has 16 rings (SSSR count). The van der Waals surface area contributed by atoms with E-state index in [1.165, 1.54) is 100 Å². The Labute approximate surface area is 509 Å². The second kappa shape index (κ2) is 20.5. The van der Waals surface area contributed by atoms with E-state index in [-0.39, 0.29) is 0 Å². The zero-order valence-corrected chi connectivity index (χ0v) is 48.7. The highest BCUT2D eigenvalue weighted by Crippen LogP contribution is 2.61. The standard InChI is InChI=1S/C84H60O3/c1-85-67-37-43-73-70-40-34-55(49-76(70)82(79(73)52-67,61-22-10-4-11-23-61)62-24-12-5-13-25-62)58-46-59(56-35-41-71-74-44-38-68(86-2)53-80(74)83(77(71)50-56,63-26-14-6-15-27-63)64-28-16-7-17-29-64)48-60(47-58)57-36-42-72-75-45-39-69(87-3)54-81(75)84(78(72)51-57,65-30-18-8-19-31-65)66-32-20-9-21-33-66/h4-54H,1-3H3. The second-order valence-corrected chi connectivity index (χ2v) is 23.3. The summed E-state index contributed by atoms with van der Waals surface area (Å²) in [5, 5.41) is 0. The van der Waals surface area contributed by atoms with E-state index in [0.717, 1.165) is 50.6 Å². The molecule has 0 N–H and O–H groups in total. The van der Waals surface area contributed by atoms with E-state index in [0.29, 0.717) is 0 Å². The molecule has 3 nitrogen and oxygen atoms in total. The third kappa shape index (κ3) is 7.68. The minimum atomic E-state index is -0.649. The van der Waals surface area contributed by atoms with Gasteiger partial charge >= 0.3 is 0 Å². The average Bonchev–Trinajstić information content (AvgIpc) is 1.62. The Morgan fingerprint density at radius 3 is 0.586 bits per heavy atom. The number of hydrogen-bond acceptors (Lipinski definition) is 3. The van der Waals surface area contributed by atoms with Crippen LogP contribution in [0.15, 0.2) is 309 Å². The van der Waals surface area contributed by atoms with Crippen LogP contribution in [0.1, 0.15) is 66.8 Å². The molecule has 0 bridgehead atoms. The Kier molecular flexibility index (Phi) is 12.2. The molecule has 87 heavy (non-hydrogen) atoms. The topological polar surface area (TPSA) is 27.7 Å². The summed E-state index contributed by atoms with van der Waals surface area (Å²) in [4.78, 5) is 0. The van der Waals surface area contributed by atoms with Crippen LogP contribution in [0.4, 0.5) is 0 Å². The zero-order chi connectivity index (χ0) is 58.3.